The lowest BCUT2D eigenvalue weighted by molar-refractivity contribution is 0.0950. The van der Waals surface area contributed by atoms with Crippen molar-refractivity contribution in [2.45, 2.75) is 45.6 Å². The summed E-state index contributed by atoms with van der Waals surface area (Å²) in [5, 5.41) is 12.2. The molecule has 0 aromatic heterocycles. The average Bonchev–Trinajstić information content (AvgIpc) is 2.55. The topological polar surface area (TPSA) is 82.3 Å². The minimum absolute atomic E-state index is 0. The molecule has 0 bridgehead atoms. The number of benzene rings is 1. The van der Waals surface area contributed by atoms with Crippen LogP contribution >= 0.6 is 24.0 Å². The Balaban J connectivity index is 0.00000364. The molecule has 6 nitrogen and oxygen atoms in total. The van der Waals surface area contributed by atoms with Crippen LogP contribution in [0.15, 0.2) is 18.2 Å². The molecule has 1 atom stereocenters. The highest BCUT2D eigenvalue weighted by molar-refractivity contribution is 6.34. The van der Waals surface area contributed by atoms with E-state index in [1.807, 2.05) is 20.8 Å². The van der Waals surface area contributed by atoms with Crippen LogP contribution in [0.25, 0.3) is 0 Å². The molecule has 1 saturated heterocycles. The Bertz CT molecular complexity index is 641. The summed E-state index contributed by atoms with van der Waals surface area (Å²) in [5.41, 5.74) is 0.546. The second-order valence-corrected chi connectivity index (χ2v) is 8.19. The van der Waals surface area contributed by atoms with E-state index in [4.69, 9.17) is 11.6 Å². The molecular weight excluding hydrogens is 387 g/mol. The van der Waals surface area contributed by atoms with E-state index in [1.165, 1.54) is 12.8 Å². The average molecular weight is 417 g/mol. The summed E-state index contributed by atoms with van der Waals surface area (Å²) >= 11 is 6.16. The van der Waals surface area contributed by atoms with Gasteiger partial charge in [-0.3, -0.25) is 4.79 Å². The Morgan fingerprint density at radius 3 is 2.67 bits per heavy atom. The highest BCUT2D eigenvalue weighted by Gasteiger charge is 2.17. The van der Waals surface area contributed by atoms with Crippen LogP contribution in [0, 0.1) is 5.92 Å². The normalized spacial score (nSPS) is 16.8. The molecule has 1 unspecified atom stereocenters. The molecule has 1 fully saturated rings. The van der Waals surface area contributed by atoms with Gasteiger partial charge >= 0.3 is 6.03 Å². The third-order valence-electron chi connectivity index (χ3n) is 4.19. The monoisotopic (exact) mass is 416 g/mol. The van der Waals surface area contributed by atoms with Crippen molar-refractivity contribution in [2.75, 3.05) is 25.0 Å². The zero-order chi connectivity index (χ0) is 19.2. The molecule has 1 aliphatic rings. The molecule has 1 aromatic rings. The van der Waals surface area contributed by atoms with E-state index in [2.05, 4.69) is 21.3 Å². The predicted molar refractivity (Wildman–Crippen MR) is 113 cm³/mol. The van der Waals surface area contributed by atoms with Gasteiger partial charge in [-0.2, -0.15) is 0 Å². The number of halogens is 2. The van der Waals surface area contributed by atoms with Crippen molar-refractivity contribution in [3.05, 3.63) is 28.8 Å². The van der Waals surface area contributed by atoms with Gasteiger partial charge in [0.05, 0.1) is 10.6 Å². The Kier molecular flexibility index (Phi) is 9.36. The van der Waals surface area contributed by atoms with Gasteiger partial charge in [-0.1, -0.05) is 11.6 Å². The van der Waals surface area contributed by atoms with Gasteiger partial charge in [0.2, 0.25) is 0 Å². The van der Waals surface area contributed by atoms with E-state index in [0.29, 0.717) is 28.7 Å². The number of hydrogen-bond donors (Lipinski definition) is 4. The lowest BCUT2D eigenvalue weighted by atomic mass is 9.96. The first-order chi connectivity index (χ1) is 12.2. The third-order valence-corrected chi connectivity index (χ3v) is 4.52. The van der Waals surface area contributed by atoms with Crippen LogP contribution in [0.4, 0.5) is 10.5 Å². The molecule has 1 aliphatic heterocycles. The maximum atomic E-state index is 12.4. The van der Waals surface area contributed by atoms with Crippen molar-refractivity contribution in [3.63, 3.8) is 0 Å². The first kappa shape index (κ1) is 23.5. The fourth-order valence-corrected chi connectivity index (χ4v) is 3.14. The number of urea groups is 1. The molecule has 152 valence electrons. The maximum Gasteiger partial charge on any atom is 0.319 e. The standard InChI is InChI=1S/C19H29ClN4O2.ClH/c1-19(2,3)24-18(26)23-14-6-7-16(20)15(11-14)17(25)22-10-8-13-5-4-9-21-12-13;/h6-7,11,13,21H,4-5,8-10,12H2,1-3H3,(H,22,25)(H2,23,24,26);1H. The van der Waals surface area contributed by atoms with Crippen LogP contribution in [-0.2, 0) is 0 Å². The second-order valence-electron chi connectivity index (χ2n) is 7.78. The molecule has 27 heavy (non-hydrogen) atoms. The minimum Gasteiger partial charge on any atom is -0.352 e. The van der Waals surface area contributed by atoms with Crippen molar-refractivity contribution in [3.8, 4) is 0 Å². The van der Waals surface area contributed by atoms with Crippen LogP contribution in [-0.4, -0.2) is 37.1 Å². The van der Waals surface area contributed by atoms with E-state index in [1.54, 1.807) is 18.2 Å². The van der Waals surface area contributed by atoms with Crippen molar-refractivity contribution < 1.29 is 9.59 Å². The molecular formula is C19H30Cl2N4O2. The molecule has 3 amide bonds. The number of anilines is 1. The molecule has 1 heterocycles. The van der Waals surface area contributed by atoms with Gasteiger partial charge in [0, 0.05) is 17.8 Å². The summed E-state index contributed by atoms with van der Waals surface area (Å²) in [7, 11) is 0. The smallest absolute Gasteiger partial charge is 0.319 e. The zero-order valence-electron chi connectivity index (χ0n) is 16.2. The zero-order valence-corrected chi connectivity index (χ0v) is 17.7. The summed E-state index contributed by atoms with van der Waals surface area (Å²) < 4.78 is 0. The summed E-state index contributed by atoms with van der Waals surface area (Å²) in [6.45, 7) is 8.41. The number of amides is 3. The van der Waals surface area contributed by atoms with Crippen molar-refractivity contribution in [1.82, 2.24) is 16.0 Å². The lowest BCUT2D eigenvalue weighted by Crippen LogP contribution is -2.43. The van der Waals surface area contributed by atoms with Gasteiger partial charge in [-0.25, -0.2) is 4.79 Å². The Hall–Kier alpha value is -1.50. The van der Waals surface area contributed by atoms with Crippen LogP contribution in [0.1, 0.15) is 50.4 Å². The molecule has 4 N–H and O–H groups in total. The molecule has 8 heteroatoms. The Morgan fingerprint density at radius 1 is 1.30 bits per heavy atom. The van der Waals surface area contributed by atoms with E-state index in [-0.39, 0.29) is 29.9 Å². The summed E-state index contributed by atoms with van der Waals surface area (Å²) in [6.07, 6.45) is 3.34. The van der Waals surface area contributed by atoms with E-state index >= 15 is 0 Å². The van der Waals surface area contributed by atoms with Crippen LogP contribution < -0.4 is 21.3 Å². The van der Waals surface area contributed by atoms with Gasteiger partial charge in [0.15, 0.2) is 0 Å². The Labute approximate surface area is 172 Å². The second kappa shape index (κ2) is 10.7. The van der Waals surface area contributed by atoms with Gasteiger partial charge in [0.25, 0.3) is 5.91 Å². The van der Waals surface area contributed by atoms with Crippen molar-refractivity contribution in [2.24, 2.45) is 5.92 Å². The van der Waals surface area contributed by atoms with E-state index < -0.39 is 0 Å². The van der Waals surface area contributed by atoms with Gasteiger partial charge in [-0.05, 0) is 77.2 Å². The summed E-state index contributed by atoms with van der Waals surface area (Å²) in [6, 6.07) is 4.57. The van der Waals surface area contributed by atoms with E-state index in [9.17, 15) is 9.59 Å². The third kappa shape index (κ3) is 8.37. The number of carbonyl (C=O) groups is 2. The predicted octanol–water partition coefficient (Wildman–Crippen LogP) is 3.80. The number of nitrogens with one attached hydrogen (secondary N) is 4. The molecule has 0 aliphatic carbocycles. The number of piperidine rings is 1. The number of hydrogen-bond acceptors (Lipinski definition) is 3. The first-order valence-corrected chi connectivity index (χ1v) is 9.50. The minimum atomic E-state index is -0.343. The number of rotatable bonds is 5. The quantitative estimate of drug-likeness (QED) is 0.588. The van der Waals surface area contributed by atoms with Crippen LogP contribution in [0.3, 0.4) is 0 Å². The summed E-state index contributed by atoms with van der Waals surface area (Å²) in [4.78, 5) is 24.4. The summed E-state index contributed by atoms with van der Waals surface area (Å²) in [5.74, 6) is 0.382. The van der Waals surface area contributed by atoms with Gasteiger partial charge in [-0.15, -0.1) is 12.4 Å². The SMILES string of the molecule is CC(C)(C)NC(=O)Nc1ccc(Cl)c(C(=O)NCCC2CCCNC2)c1.Cl. The van der Waals surface area contributed by atoms with Gasteiger partial charge < -0.3 is 21.3 Å². The lowest BCUT2D eigenvalue weighted by Gasteiger charge is -2.22. The molecule has 1 aromatic carbocycles. The highest BCUT2D eigenvalue weighted by atomic mass is 35.5. The largest absolute Gasteiger partial charge is 0.352 e. The van der Waals surface area contributed by atoms with E-state index in [0.717, 1.165) is 19.5 Å². The molecule has 0 saturated carbocycles. The van der Waals surface area contributed by atoms with Gasteiger partial charge in [0.1, 0.15) is 0 Å². The fourth-order valence-electron chi connectivity index (χ4n) is 2.94. The molecule has 2 rings (SSSR count). The van der Waals surface area contributed by atoms with Crippen LogP contribution in [0.5, 0.6) is 0 Å². The maximum absolute atomic E-state index is 12.4. The molecule has 0 radical (unpaired) electrons. The Morgan fingerprint density at radius 2 is 2.04 bits per heavy atom. The van der Waals surface area contributed by atoms with Crippen LogP contribution in [0.2, 0.25) is 5.02 Å². The van der Waals surface area contributed by atoms with Crippen molar-refractivity contribution >= 4 is 41.6 Å². The fraction of sp³-hybridized carbons (Fsp3) is 0.579. The molecule has 0 spiro atoms. The highest BCUT2D eigenvalue weighted by Crippen LogP contribution is 2.21. The first-order valence-electron chi connectivity index (χ1n) is 9.12. The number of carbonyl (C=O) groups excluding carboxylic acids is 2. The van der Waals surface area contributed by atoms with Crippen molar-refractivity contribution in [1.29, 1.82) is 0 Å².